The highest BCUT2D eigenvalue weighted by Gasteiger charge is 2.18. The lowest BCUT2D eigenvalue weighted by molar-refractivity contribution is 0.992. The molecule has 0 aliphatic carbocycles. The molecule has 2 nitrogen and oxygen atoms in total. The molecule has 0 bridgehead atoms. The number of nitrogens with zero attached hydrogens (tertiary/aromatic N) is 2. The van der Waals surface area contributed by atoms with E-state index in [1.165, 1.54) is 0 Å². The van der Waals surface area contributed by atoms with Crippen molar-refractivity contribution in [1.29, 1.82) is 0 Å². The van der Waals surface area contributed by atoms with Crippen molar-refractivity contribution in [2.75, 3.05) is 0 Å². The van der Waals surface area contributed by atoms with Crippen molar-refractivity contribution in [3.8, 4) is 33.5 Å². The van der Waals surface area contributed by atoms with Crippen molar-refractivity contribution in [2.45, 2.75) is 6.92 Å². The van der Waals surface area contributed by atoms with E-state index in [0.717, 1.165) is 39.2 Å². The summed E-state index contributed by atoms with van der Waals surface area (Å²) in [5, 5.41) is 9.03. The molecule has 0 unspecified atom stereocenters. The van der Waals surface area contributed by atoms with Crippen LogP contribution in [0.25, 0.3) is 33.5 Å². The molecule has 25 heavy (non-hydrogen) atoms. The first kappa shape index (κ1) is 15.3. The van der Waals surface area contributed by atoms with Crippen LogP contribution in [0.5, 0.6) is 0 Å². The summed E-state index contributed by atoms with van der Waals surface area (Å²) in [5.74, 6) is 0. The van der Waals surface area contributed by atoms with E-state index in [9.17, 15) is 0 Å². The Morgan fingerprint density at radius 1 is 0.480 bits per heavy atom. The van der Waals surface area contributed by atoms with Gasteiger partial charge in [-0.1, -0.05) is 91.0 Å². The minimum atomic E-state index is 0.913. The van der Waals surface area contributed by atoms with E-state index in [4.69, 9.17) is 0 Å². The van der Waals surface area contributed by atoms with Crippen LogP contribution in [0.2, 0.25) is 0 Å². The average Bonchev–Trinajstić information content (AvgIpc) is 2.70. The molecular weight excluding hydrogens is 304 g/mol. The number of aromatic nitrogens is 2. The average molecular weight is 322 g/mol. The van der Waals surface area contributed by atoms with Crippen LogP contribution in [0.4, 0.5) is 0 Å². The van der Waals surface area contributed by atoms with Crippen LogP contribution in [0.1, 0.15) is 5.69 Å². The van der Waals surface area contributed by atoms with Gasteiger partial charge in [-0.2, -0.15) is 5.10 Å². The number of benzene rings is 3. The van der Waals surface area contributed by atoms with Crippen LogP contribution >= 0.6 is 0 Å². The Morgan fingerprint density at radius 3 is 1.44 bits per heavy atom. The highest BCUT2D eigenvalue weighted by atomic mass is 15.1. The molecule has 0 radical (unpaired) electrons. The maximum absolute atomic E-state index is 4.56. The van der Waals surface area contributed by atoms with Gasteiger partial charge < -0.3 is 0 Å². The molecule has 0 aliphatic rings. The third-order valence-corrected chi connectivity index (χ3v) is 4.32. The Hall–Kier alpha value is -3.26. The monoisotopic (exact) mass is 322 g/mol. The van der Waals surface area contributed by atoms with Crippen molar-refractivity contribution in [3.05, 3.63) is 96.7 Å². The van der Waals surface area contributed by atoms with Crippen molar-refractivity contribution >= 4 is 0 Å². The SMILES string of the molecule is Cc1nnc(-c2ccccc2)c(-c2ccccc2)c1-c1ccccc1. The molecule has 1 aromatic heterocycles. The predicted octanol–water partition coefficient (Wildman–Crippen LogP) is 5.79. The van der Waals surface area contributed by atoms with Gasteiger partial charge in [-0.3, -0.25) is 0 Å². The molecule has 4 aromatic rings. The fraction of sp³-hybridized carbons (Fsp3) is 0.0435. The first-order chi connectivity index (χ1) is 12.3. The van der Waals surface area contributed by atoms with Gasteiger partial charge in [0.25, 0.3) is 0 Å². The summed E-state index contributed by atoms with van der Waals surface area (Å²) in [6.45, 7) is 2.02. The van der Waals surface area contributed by atoms with Crippen LogP contribution in [0, 0.1) is 6.92 Å². The summed E-state index contributed by atoms with van der Waals surface area (Å²) in [5.41, 5.74) is 7.50. The van der Waals surface area contributed by atoms with Gasteiger partial charge in [0.05, 0.1) is 5.69 Å². The predicted molar refractivity (Wildman–Crippen MR) is 103 cm³/mol. The van der Waals surface area contributed by atoms with Crippen molar-refractivity contribution in [2.24, 2.45) is 0 Å². The first-order valence-electron chi connectivity index (χ1n) is 8.38. The fourth-order valence-electron chi connectivity index (χ4n) is 3.17. The smallest absolute Gasteiger partial charge is 0.101 e. The summed E-state index contributed by atoms with van der Waals surface area (Å²) < 4.78 is 0. The third-order valence-electron chi connectivity index (χ3n) is 4.32. The van der Waals surface area contributed by atoms with E-state index in [2.05, 4.69) is 70.9 Å². The maximum atomic E-state index is 4.56. The minimum Gasteiger partial charge on any atom is -0.155 e. The molecule has 0 amide bonds. The molecular formula is C23H18N2. The number of hydrogen-bond acceptors (Lipinski definition) is 2. The summed E-state index contributed by atoms with van der Waals surface area (Å²) in [6.07, 6.45) is 0. The quantitative estimate of drug-likeness (QED) is 0.477. The molecule has 0 spiro atoms. The lowest BCUT2D eigenvalue weighted by atomic mass is 9.90. The van der Waals surface area contributed by atoms with E-state index >= 15 is 0 Å². The second-order valence-corrected chi connectivity index (χ2v) is 5.98. The van der Waals surface area contributed by atoms with E-state index in [-0.39, 0.29) is 0 Å². The maximum Gasteiger partial charge on any atom is 0.101 e. The van der Waals surface area contributed by atoms with E-state index in [1.807, 2.05) is 37.3 Å². The second kappa shape index (κ2) is 6.70. The highest BCUT2D eigenvalue weighted by Crippen LogP contribution is 2.39. The Bertz CT molecular complexity index is 978. The number of rotatable bonds is 3. The highest BCUT2D eigenvalue weighted by molar-refractivity contribution is 5.93. The van der Waals surface area contributed by atoms with Crippen LogP contribution in [-0.2, 0) is 0 Å². The third kappa shape index (κ3) is 2.94. The van der Waals surface area contributed by atoms with E-state index < -0.39 is 0 Å². The van der Waals surface area contributed by atoms with Gasteiger partial charge in [0.1, 0.15) is 5.69 Å². The van der Waals surface area contributed by atoms with Gasteiger partial charge in [0.2, 0.25) is 0 Å². The lowest BCUT2D eigenvalue weighted by Crippen LogP contribution is -2.00. The molecule has 0 fully saturated rings. The zero-order valence-electron chi connectivity index (χ0n) is 14.1. The molecule has 0 aliphatic heterocycles. The molecule has 2 heteroatoms. The zero-order chi connectivity index (χ0) is 17.1. The van der Waals surface area contributed by atoms with Gasteiger partial charge in [-0.15, -0.1) is 5.10 Å². The normalized spacial score (nSPS) is 10.6. The summed E-state index contributed by atoms with van der Waals surface area (Å²) in [6, 6.07) is 31.1. The van der Waals surface area contributed by atoms with Gasteiger partial charge in [0.15, 0.2) is 0 Å². The Kier molecular flexibility index (Phi) is 4.09. The number of hydrogen-bond donors (Lipinski definition) is 0. The summed E-state index contributed by atoms with van der Waals surface area (Å²) in [7, 11) is 0. The summed E-state index contributed by atoms with van der Waals surface area (Å²) in [4.78, 5) is 0. The van der Waals surface area contributed by atoms with Crippen molar-refractivity contribution in [3.63, 3.8) is 0 Å². The molecule has 1 heterocycles. The van der Waals surface area contributed by atoms with Crippen molar-refractivity contribution in [1.82, 2.24) is 10.2 Å². The van der Waals surface area contributed by atoms with Crippen LogP contribution in [-0.4, -0.2) is 10.2 Å². The Morgan fingerprint density at radius 2 is 0.920 bits per heavy atom. The van der Waals surface area contributed by atoms with E-state index in [0.29, 0.717) is 0 Å². The molecule has 4 rings (SSSR count). The van der Waals surface area contributed by atoms with Gasteiger partial charge >= 0.3 is 0 Å². The van der Waals surface area contributed by atoms with Gasteiger partial charge in [-0.05, 0) is 18.1 Å². The van der Waals surface area contributed by atoms with Crippen LogP contribution in [0.15, 0.2) is 91.0 Å². The van der Waals surface area contributed by atoms with Gasteiger partial charge in [0, 0.05) is 16.7 Å². The molecule has 0 atom stereocenters. The lowest BCUT2D eigenvalue weighted by Gasteiger charge is -2.16. The largest absolute Gasteiger partial charge is 0.155 e. The Labute approximate surface area is 147 Å². The van der Waals surface area contributed by atoms with Crippen LogP contribution < -0.4 is 0 Å². The van der Waals surface area contributed by atoms with E-state index in [1.54, 1.807) is 0 Å². The topological polar surface area (TPSA) is 25.8 Å². The molecule has 3 aromatic carbocycles. The minimum absolute atomic E-state index is 0.913. The standard InChI is InChI=1S/C23H18N2/c1-17-21(18-11-5-2-6-12-18)22(19-13-7-3-8-14-19)23(25-24-17)20-15-9-4-10-16-20/h2-16H,1H3. The fourth-order valence-corrected chi connectivity index (χ4v) is 3.17. The molecule has 0 saturated heterocycles. The molecule has 0 saturated carbocycles. The molecule has 120 valence electrons. The summed E-state index contributed by atoms with van der Waals surface area (Å²) >= 11 is 0. The second-order valence-electron chi connectivity index (χ2n) is 5.98. The first-order valence-corrected chi connectivity index (χ1v) is 8.38. The number of aryl methyl sites for hydroxylation is 1. The Balaban J connectivity index is 2.08. The van der Waals surface area contributed by atoms with Gasteiger partial charge in [-0.25, -0.2) is 0 Å². The molecule has 0 N–H and O–H groups in total. The van der Waals surface area contributed by atoms with Crippen molar-refractivity contribution < 1.29 is 0 Å². The zero-order valence-corrected chi connectivity index (χ0v) is 14.1. The van der Waals surface area contributed by atoms with Crippen LogP contribution in [0.3, 0.4) is 0 Å².